The van der Waals surface area contributed by atoms with Gasteiger partial charge in [0, 0.05) is 29.9 Å². The van der Waals surface area contributed by atoms with Gasteiger partial charge in [0.15, 0.2) is 11.5 Å². The highest BCUT2D eigenvalue weighted by atomic mass is 16.6. The predicted octanol–water partition coefficient (Wildman–Crippen LogP) is 3.16. The van der Waals surface area contributed by atoms with E-state index in [4.69, 9.17) is 9.26 Å². The molecule has 128 valence electrons. The van der Waals surface area contributed by atoms with Crippen LogP contribution in [0.25, 0.3) is 11.5 Å². The van der Waals surface area contributed by atoms with E-state index in [1.165, 1.54) is 0 Å². The minimum absolute atomic E-state index is 0.345. The third-order valence-corrected chi connectivity index (χ3v) is 3.77. The van der Waals surface area contributed by atoms with Crippen LogP contribution in [0.4, 0.5) is 4.79 Å². The van der Waals surface area contributed by atoms with Crippen molar-refractivity contribution in [1.29, 1.82) is 0 Å². The summed E-state index contributed by atoms with van der Waals surface area (Å²) in [6, 6.07) is 1.74. The second-order valence-electron chi connectivity index (χ2n) is 7.63. The zero-order valence-electron chi connectivity index (χ0n) is 14.7. The van der Waals surface area contributed by atoms with Crippen molar-refractivity contribution in [3.05, 3.63) is 29.8 Å². The topological polar surface area (TPSA) is 81.4 Å². The van der Waals surface area contributed by atoms with Gasteiger partial charge in [-0.1, -0.05) is 19.0 Å². The average Bonchev–Trinajstić information content (AvgIpc) is 2.90. The highest BCUT2D eigenvalue weighted by Gasteiger charge is 2.41. The van der Waals surface area contributed by atoms with E-state index in [1.807, 2.05) is 34.6 Å². The molecule has 1 aliphatic heterocycles. The number of aromatic nitrogens is 3. The first-order chi connectivity index (χ1) is 11.2. The third kappa shape index (κ3) is 3.11. The number of ether oxygens (including phenoxy) is 1. The molecule has 0 radical (unpaired) electrons. The van der Waals surface area contributed by atoms with Gasteiger partial charge in [-0.3, -0.25) is 0 Å². The molecule has 2 aromatic rings. The smallest absolute Gasteiger partial charge is 0.410 e. The molecule has 24 heavy (non-hydrogen) atoms. The first-order valence-electron chi connectivity index (χ1n) is 7.92. The number of rotatable bonds is 1. The molecule has 0 saturated carbocycles. The van der Waals surface area contributed by atoms with Crippen molar-refractivity contribution in [2.24, 2.45) is 0 Å². The summed E-state index contributed by atoms with van der Waals surface area (Å²) in [4.78, 5) is 22.7. The van der Waals surface area contributed by atoms with Crippen LogP contribution in [-0.2, 0) is 16.7 Å². The Balaban J connectivity index is 1.96. The second-order valence-corrected chi connectivity index (χ2v) is 7.63. The zero-order valence-corrected chi connectivity index (χ0v) is 14.7. The lowest BCUT2D eigenvalue weighted by Gasteiger charge is -2.37. The van der Waals surface area contributed by atoms with Crippen LogP contribution < -0.4 is 0 Å². The number of carbonyl (C=O) groups is 1. The summed E-state index contributed by atoms with van der Waals surface area (Å²) in [5, 5.41) is 4.15. The molecule has 2 aromatic heterocycles. The zero-order chi connectivity index (χ0) is 17.5. The summed E-state index contributed by atoms with van der Waals surface area (Å²) in [5.74, 6) is 1.26. The van der Waals surface area contributed by atoms with Crippen molar-refractivity contribution < 1.29 is 14.1 Å². The van der Waals surface area contributed by atoms with Crippen LogP contribution in [0.5, 0.6) is 0 Å². The lowest BCUT2D eigenvalue weighted by atomic mass is 9.83. The van der Waals surface area contributed by atoms with Crippen molar-refractivity contribution in [1.82, 2.24) is 20.0 Å². The quantitative estimate of drug-likeness (QED) is 0.799. The molecule has 0 bridgehead atoms. The Labute approximate surface area is 141 Å². The van der Waals surface area contributed by atoms with E-state index < -0.39 is 5.60 Å². The van der Waals surface area contributed by atoms with Crippen molar-refractivity contribution in [3.63, 3.8) is 0 Å². The van der Waals surface area contributed by atoms with Crippen LogP contribution in [0.15, 0.2) is 23.0 Å². The Bertz CT molecular complexity index is 747. The van der Waals surface area contributed by atoms with Gasteiger partial charge >= 0.3 is 6.09 Å². The molecule has 0 N–H and O–H groups in total. The maximum atomic E-state index is 12.5. The Morgan fingerprint density at radius 3 is 2.58 bits per heavy atom. The van der Waals surface area contributed by atoms with Gasteiger partial charge in [0.2, 0.25) is 0 Å². The lowest BCUT2D eigenvalue weighted by molar-refractivity contribution is 0.0159. The maximum Gasteiger partial charge on any atom is 0.410 e. The van der Waals surface area contributed by atoms with Gasteiger partial charge in [0.1, 0.15) is 11.4 Å². The summed E-state index contributed by atoms with van der Waals surface area (Å²) < 4.78 is 11.1. The molecule has 7 heteroatoms. The van der Waals surface area contributed by atoms with Crippen molar-refractivity contribution >= 4 is 6.09 Å². The van der Waals surface area contributed by atoms with Gasteiger partial charge in [-0.05, 0) is 26.8 Å². The van der Waals surface area contributed by atoms with Crippen LogP contribution >= 0.6 is 0 Å². The van der Waals surface area contributed by atoms with Crippen LogP contribution in [0, 0.1) is 0 Å². The number of hydrogen-bond acceptors (Lipinski definition) is 6. The van der Waals surface area contributed by atoms with E-state index in [0.717, 1.165) is 11.3 Å². The highest BCUT2D eigenvalue weighted by Crippen LogP contribution is 2.38. The molecule has 0 fully saturated rings. The summed E-state index contributed by atoms with van der Waals surface area (Å²) >= 11 is 0. The molecular formula is C17H22N4O3. The molecule has 0 spiro atoms. The maximum absolute atomic E-state index is 12.5. The minimum atomic E-state index is -0.540. The summed E-state index contributed by atoms with van der Waals surface area (Å²) in [5.41, 5.74) is 0.502. The van der Waals surface area contributed by atoms with Gasteiger partial charge in [0.05, 0.1) is 6.54 Å². The summed E-state index contributed by atoms with van der Waals surface area (Å²) in [7, 11) is 0. The Hall–Kier alpha value is -2.44. The van der Waals surface area contributed by atoms with Gasteiger partial charge < -0.3 is 14.2 Å². The van der Waals surface area contributed by atoms with E-state index in [2.05, 4.69) is 15.1 Å². The first kappa shape index (κ1) is 16.4. The number of carbonyl (C=O) groups excluding carboxylic acids is 1. The van der Waals surface area contributed by atoms with Crippen molar-refractivity contribution in [2.45, 2.75) is 52.2 Å². The normalized spacial score (nSPS) is 16.6. The standard InChI is InChI=1S/C17H22N4O3/c1-16(2,3)23-15(22)21-9-11-12(14-18-7-6-8-19-14)20-24-13(11)17(4,5)10-21/h6-8H,9-10H2,1-5H3. The fourth-order valence-electron chi connectivity index (χ4n) is 2.84. The molecule has 3 heterocycles. The van der Waals surface area contributed by atoms with Crippen LogP contribution in [0.3, 0.4) is 0 Å². The Kier molecular flexibility index (Phi) is 3.81. The minimum Gasteiger partial charge on any atom is -0.444 e. The Morgan fingerprint density at radius 2 is 1.96 bits per heavy atom. The molecule has 0 atom stereocenters. The number of fused-ring (bicyclic) bond motifs is 1. The van der Waals surface area contributed by atoms with Crippen LogP contribution in [0.1, 0.15) is 45.9 Å². The molecular weight excluding hydrogens is 308 g/mol. The summed E-state index contributed by atoms with van der Waals surface area (Å²) in [6.07, 6.45) is 2.97. The summed E-state index contributed by atoms with van der Waals surface area (Å²) in [6.45, 7) is 10.5. The molecule has 0 saturated heterocycles. The third-order valence-electron chi connectivity index (χ3n) is 3.77. The predicted molar refractivity (Wildman–Crippen MR) is 87.2 cm³/mol. The van der Waals surface area contributed by atoms with Gasteiger partial charge in [-0.2, -0.15) is 0 Å². The molecule has 7 nitrogen and oxygen atoms in total. The average molecular weight is 330 g/mol. The fraction of sp³-hybridized carbons (Fsp3) is 0.529. The second kappa shape index (κ2) is 5.58. The monoisotopic (exact) mass is 330 g/mol. The number of hydrogen-bond donors (Lipinski definition) is 0. The molecule has 0 aromatic carbocycles. The van der Waals surface area contributed by atoms with Gasteiger partial charge in [0.25, 0.3) is 0 Å². The van der Waals surface area contributed by atoms with E-state index in [0.29, 0.717) is 24.6 Å². The van der Waals surface area contributed by atoms with E-state index in [9.17, 15) is 4.79 Å². The van der Waals surface area contributed by atoms with E-state index in [1.54, 1.807) is 23.4 Å². The van der Waals surface area contributed by atoms with Crippen molar-refractivity contribution in [2.75, 3.05) is 6.54 Å². The van der Waals surface area contributed by atoms with Crippen LogP contribution in [0.2, 0.25) is 0 Å². The molecule has 1 amide bonds. The SMILES string of the molecule is CC(C)(C)OC(=O)N1Cc2c(-c3ncccn3)noc2C(C)(C)C1. The van der Waals surface area contributed by atoms with Gasteiger partial charge in [-0.15, -0.1) is 0 Å². The van der Waals surface area contributed by atoms with Crippen molar-refractivity contribution in [3.8, 4) is 11.5 Å². The highest BCUT2D eigenvalue weighted by molar-refractivity contribution is 5.70. The van der Waals surface area contributed by atoms with Crippen LogP contribution in [-0.4, -0.2) is 38.3 Å². The molecule has 3 rings (SSSR count). The van der Waals surface area contributed by atoms with Gasteiger partial charge in [-0.25, -0.2) is 14.8 Å². The largest absolute Gasteiger partial charge is 0.444 e. The molecule has 1 aliphatic rings. The lowest BCUT2D eigenvalue weighted by Crippen LogP contribution is -2.46. The first-order valence-corrected chi connectivity index (χ1v) is 7.92. The molecule has 0 unspecified atom stereocenters. The Morgan fingerprint density at radius 1 is 1.29 bits per heavy atom. The number of amides is 1. The van der Waals surface area contributed by atoms with E-state index >= 15 is 0 Å². The van der Waals surface area contributed by atoms with E-state index in [-0.39, 0.29) is 11.5 Å². The molecule has 0 aliphatic carbocycles. The number of nitrogens with zero attached hydrogens (tertiary/aromatic N) is 4. The fourth-order valence-corrected chi connectivity index (χ4v) is 2.84.